The van der Waals surface area contributed by atoms with Crippen molar-refractivity contribution in [3.05, 3.63) is 44.3 Å². The first-order chi connectivity index (χ1) is 9.54. The van der Waals surface area contributed by atoms with Gasteiger partial charge in [0.05, 0.1) is 0 Å². The number of benzene rings is 1. The van der Waals surface area contributed by atoms with Crippen molar-refractivity contribution in [2.75, 3.05) is 0 Å². The summed E-state index contributed by atoms with van der Waals surface area (Å²) in [6.07, 6.45) is 1.81. The van der Waals surface area contributed by atoms with Gasteiger partial charge in [0.25, 0.3) is 0 Å². The zero-order valence-electron chi connectivity index (χ0n) is 10.7. The third-order valence-corrected chi connectivity index (χ3v) is 3.91. The molecule has 1 N–H and O–H groups in total. The monoisotopic (exact) mass is 362 g/mol. The third-order valence-electron chi connectivity index (χ3n) is 2.50. The molecule has 1 aromatic heterocycles. The summed E-state index contributed by atoms with van der Waals surface area (Å²) in [5.41, 5.74) is 0.674. The van der Waals surface area contributed by atoms with Gasteiger partial charge in [0.15, 0.2) is 0 Å². The molecule has 0 saturated heterocycles. The van der Waals surface area contributed by atoms with Gasteiger partial charge in [-0.25, -0.2) is 4.98 Å². The van der Waals surface area contributed by atoms with Crippen molar-refractivity contribution in [3.8, 4) is 5.75 Å². The minimum absolute atomic E-state index is 0.186. The van der Waals surface area contributed by atoms with E-state index in [1.54, 1.807) is 23.5 Å². The fraction of sp³-hybridized carbons (Fsp3) is 0.308. The summed E-state index contributed by atoms with van der Waals surface area (Å²) in [6.45, 7) is 0.195. The number of hydrogen-bond donors (Lipinski definition) is 1. The SMILES string of the molecule is Cc1cnc(CNCc2cc(Br)ccc2OC(F)F)s1. The Hall–Kier alpha value is -1.05. The molecule has 2 rings (SSSR count). The summed E-state index contributed by atoms with van der Waals surface area (Å²) in [7, 11) is 0. The smallest absolute Gasteiger partial charge is 0.387 e. The van der Waals surface area contributed by atoms with Crippen molar-refractivity contribution in [2.45, 2.75) is 26.6 Å². The van der Waals surface area contributed by atoms with Gasteiger partial charge in [0.1, 0.15) is 10.8 Å². The van der Waals surface area contributed by atoms with Gasteiger partial charge >= 0.3 is 6.61 Å². The molecule has 7 heteroatoms. The number of rotatable bonds is 6. The largest absolute Gasteiger partial charge is 0.434 e. The lowest BCUT2D eigenvalue weighted by Crippen LogP contribution is -2.14. The first-order valence-corrected chi connectivity index (χ1v) is 7.51. The van der Waals surface area contributed by atoms with E-state index in [1.165, 1.54) is 6.07 Å². The number of hydrogen-bond acceptors (Lipinski definition) is 4. The van der Waals surface area contributed by atoms with Crippen LogP contribution in [0.4, 0.5) is 8.78 Å². The fourth-order valence-electron chi connectivity index (χ4n) is 1.68. The molecular formula is C13H13BrF2N2OS. The van der Waals surface area contributed by atoms with Crippen LogP contribution in [0.5, 0.6) is 5.75 Å². The predicted molar refractivity (Wildman–Crippen MR) is 78.2 cm³/mol. The van der Waals surface area contributed by atoms with Crippen LogP contribution in [0, 0.1) is 6.92 Å². The maximum atomic E-state index is 12.3. The average molecular weight is 363 g/mol. The molecule has 0 unspecified atom stereocenters. The number of nitrogens with zero attached hydrogens (tertiary/aromatic N) is 1. The van der Waals surface area contributed by atoms with Crippen molar-refractivity contribution < 1.29 is 13.5 Å². The maximum Gasteiger partial charge on any atom is 0.387 e. The summed E-state index contributed by atoms with van der Waals surface area (Å²) in [4.78, 5) is 5.38. The second kappa shape index (κ2) is 7.10. The molecule has 0 amide bonds. The van der Waals surface area contributed by atoms with Gasteiger partial charge in [-0.2, -0.15) is 8.78 Å². The van der Waals surface area contributed by atoms with Gasteiger partial charge in [-0.15, -0.1) is 11.3 Å². The van der Waals surface area contributed by atoms with Crippen LogP contribution in [-0.4, -0.2) is 11.6 Å². The number of ether oxygens (including phenoxy) is 1. The number of halogens is 3. The lowest BCUT2D eigenvalue weighted by atomic mass is 10.2. The van der Waals surface area contributed by atoms with Crippen LogP contribution >= 0.6 is 27.3 Å². The van der Waals surface area contributed by atoms with E-state index in [1.807, 2.05) is 13.1 Å². The third kappa shape index (κ3) is 4.50. The lowest BCUT2D eigenvalue weighted by Gasteiger charge is -2.11. The second-order valence-electron chi connectivity index (χ2n) is 4.10. The molecule has 0 bridgehead atoms. The van der Waals surface area contributed by atoms with Crippen LogP contribution in [-0.2, 0) is 13.1 Å². The minimum Gasteiger partial charge on any atom is -0.434 e. The van der Waals surface area contributed by atoms with Gasteiger partial charge in [0.2, 0.25) is 0 Å². The topological polar surface area (TPSA) is 34.2 Å². The molecule has 2 aromatic rings. The molecular weight excluding hydrogens is 350 g/mol. The van der Waals surface area contributed by atoms with Gasteiger partial charge < -0.3 is 10.1 Å². The summed E-state index contributed by atoms with van der Waals surface area (Å²) < 4.78 is 30.0. The Morgan fingerprint density at radius 1 is 1.40 bits per heavy atom. The highest BCUT2D eigenvalue weighted by Crippen LogP contribution is 2.25. The molecule has 0 aliphatic carbocycles. The van der Waals surface area contributed by atoms with Gasteiger partial charge in [-0.05, 0) is 25.1 Å². The first-order valence-electron chi connectivity index (χ1n) is 5.90. The molecule has 0 aliphatic rings. The normalized spacial score (nSPS) is 11.1. The van der Waals surface area contributed by atoms with Crippen molar-refractivity contribution >= 4 is 27.3 Å². The molecule has 1 aromatic carbocycles. The minimum atomic E-state index is -2.82. The predicted octanol–water partition coefficient (Wildman–Crippen LogP) is 4.11. The Morgan fingerprint density at radius 3 is 2.85 bits per heavy atom. The zero-order chi connectivity index (χ0) is 14.5. The number of nitrogens with one attached hydrogen (secondary N) is 1. The first kappa shape index (κ1) is 15.3. The molecule has 1 heterocycles. The number of aryl methyl sites for hydroxylation is 1. The Bertz CT molecular complexity index is 577. The Kier molecular flexibility index (Phi) is 5.45. The van der Waals surface area contributed by atoms with E-state index >= 15 is 0 Å². The molecule has 108 valence electrons. The van der Waals surface area contributed by atoms with Gasteiger partial charge in [0, 0.05) is 34.2 Å². The highest BCUT2D eigenvalue weighted by atomic mass is 79.9. The molecule has 0 radical (unpaired) electrons. The van der Waals surface area contributed by atoms with Gasteiger partial charge in [-0.3, -0.25) is 0 Å². The van der Waals surface area contributed by atoms with E-state index in [9.17, 15) is 8.78 Å². The van der Waals surface area contributed by atoms with Gasteiger partial charge in [-0.1, -0.05) is 15.9 Å². The summed E-state index contributed by atoms with van der Waals surface area (Å²) >= 11 is 4.93. The molecule has 0 atom stereocenters. The summed E-state index contributed by atoms with van der Waals surface area (Å²) in [5, 5.41) is 4.14. The van der Waals surface area contributed by atoms with E-state index in [-0.39, 0.29) is 5.75 Å². The van der Waals surface area contributed by atoms with E-state index in [2.05, 4.69) is 31.0 Å². The fourth-order valence-corrected chi connectivity index (χ4v) is 2.85. The molecule has 0 fully saturated rings. The molecule has 0 aliphatic heterocycles. The van der Waals surface area contributed by atoms with Crippen molar-refractivity contribution in [2.24, 2.45) is 0 Å². The highest BCUT2D eigenvalue weighted by molar-refractivity contribution is 9.10. The maximum absolute atomic E-state index is 12.3. The van der Waals surface area contributed by atoms with Crippen molar-refractivity contribution in [3.63, 3.8) is 0 Å². The Balaban J connectivity index is 1.98. The lowest BCUT2D eigenvalue weighted by molar-refractivity contribution is -0.0505. The average Bonchev–Trinajstić information content (AvgIpc) is 2.78. The molecule has 0 spiro atoms. The molecule has 0 saturated carbocycles. The van der Waals surface area contributed by atoms with Crippen molar-refractivity contribution in [1.29, 1.82) is 0 Å². The Morgan fingerprint density at radius 2 is 2.20 bits per heavy atom. The van der Waals surface area contributed by atoms with E-state index in [0.717, 1.165) is 14.4 Å². The highest BCUT2D eigenvalue weighted by Gasteiger charge is 2.10. The Labute approximate surface area is 128 Å². The van der Waals surface area contributed by atoms with Crippen LogP contribution in [0.25, 0.3) is 0 Å². The molecule has 3 nitrogen and oxygen atoms in total. The van der Waals surface area contributed by atoms with E-state index < -0.39 is 6.61 Å². The summed E-state index contributed by atoms with van der Waals surface area (Å²) in [6, 6.07) is 4.96. The quantitative estimate of drug-likeness (QED) is 0.839. The number of thiazole rings is 1. The van der Waals surface area contributed by atoms with E-state index in [0.29, 0.717) is 18.7 Å². The zero-order valence-corrected chi connectivity index (χ0v) is 13.1. The number of aromatic nitrogens is 1. The van der Waals surface area contributed by atoms with Crippen LogP contribution in [0.2, 0.25) is 0 Å². The van der Waals surface area contributed by atoms with Crippen LogP contribution < -0.4 is 10.1 Å². The van der Waals surface area contributed by atoms with Crippen LogP contribution in [0.15, 0.2) is 28.9 Å². The van der Waals surface area contributed by atoms with E-state index in [4.69, 9.17) is 0 Å². The molecule has 20 heavy (non-hydrogen) atoms. The van der Waals surface area contributed by atoms with Crippen LogP contribution in [0.3, 0.4) is 0 Å². The number of alkyl halides is 2. The second-order valence-corrected chi connectivity index (χ2v) is 6.33. The van der Waals surface area contributed by atoms with Crippen molar-refractivity contribution in [1.82, 2.24) is 10.3 Å². The van der Waals surface area contributed by atoms with Crippen LogP contribution in [0.1, 0.15) is 15.4 Å². The summed E-state index contributed by atoms with van der Waals surface area (Å²) in [5.74, 6) is 0.186. The standard InChI is InChI=1S/C13H13BrF2N2OS/c1-8-5-18-12(20-8)7-17-6-9-4-10(14)2-3-11(9)19-13(15)16/h2-5,13,17H,6-7H2,1H3.